The molecule has 19 nitrogen and oxygen atoms in total. The van der Waals surface area contributed by atoms with E-state index in [1.54, 1.807) is 19.1 Å². The number of imide groups is 1. The summed E-state index contributed by atoms with van der Waals surface area (Å²) in [4.78, 5) is 144. The molecule has 2 saturated heterocycles. The Kier molecular flexibility index (Phi) is 69.4. The van der Waals surface area contributed by atoms with Crippen molar-refractivity contribution in [2.45, 2.75) is 465 Å². The van der Waals surface area contributed by atoms with E-state index < -0.39 is 112 Å². The SMILES string of the molecule is C#CC(CCCCCCCCCCCCCCCC)(CC1C(=O)OC(=O)C1C)C(C(=O)O)C(CC(CCCCCCCCCCCCCCCC)C1C(=O)N(CCCN(C)C)C(=O)C1CC(CCCCCCCCCCCCCCCC)C(C(=O)O)C(CC(C)CCCCCCCCCCCCCCCC)C(=O)OCCNC(=O)c1ccc(N(C)C)cc1)C(=O)NCCCN(C)C. The number of hydrogen-bond donors (Lipinski definition) is 4. The second kappa shape index (κ2) is 76.1. The number of benzene rings is 1. The number of carboxylic acid groups (broad SMARTS) is 2. The quantitative estimate of drug-likeness (QED) is 0.0156. The van der Waals surface area contributed by atoms with Gasteiger partial charge in [-0.25, -0.2) is 0 Å². The maximum atomic E-state index is 16.6. The van der Waals surface area contributed by atoms with E-state index in [0.29, 0.717) is 70.0 Å². The highest BCUT2D eigenvalue weighted by atomic mass is 16.6. The molecule has 19 heteroatoms. The summed E-state index contributed by atoms with van der Waals surface area (Å²) in [6, 6.07) is 7.21. The summed E-state index contributed by atoms with van der Waals surface area (Å²) in [6.07, 6.45) is 72.4. The number of anilines is 1. The smallest absolute Gasteiger partial charge is 0.317 e. The number of rotatable bonds is 90. The van der Waals surface area contributed by atoms with Crippen LogP contribution in [0.5, 0.6) is 0 Å². The third kappa shape index (κ3) is 51.5. The Bertz CT molecular complexity index is 3230. The number of amides is 4. The third-order valence-corrected chi connectivity index (χ3v) is 29.6. The molecule has 0 aliphatic carbocycles. The van der Waals surface area contributed by atoms with Crippen molar-refractivity contribution in [3.05, 3.63) is 29.8 Å². The van der Waals surface area contributed by atoms with Crippen LogP contribution in [0.4, 0.5) is 5.69 Å². The highest BCUT2D eigenvalue weighted by Crippen LogP contribution is 2.51. The number of ether oxygens (including phenoxy) is 2. The van der Waals surface area contributed by atoms with Gasteiger partial charge < -0.3 is 45.0 Å². The number of likely N-dealkylation sites (tertiary alicyclic amines) is 1. The van der Waals surface area contributed by atoms with Gasteiger partial charge in [0.1, 0.15) is 6.61 Å². The number of carbonyl (C=O) groups excluding carboxylic acids is 7. The van der Waals surface area contributed by atoms with Crippen molar-refractivity contribution >= 4 is 59.2 Å². The molecule has 2 fully saturated rings. The molecule has 0 aromatic heterocycles. The standard InChI is InChI=1S/C113H200N6O13/c1-14-19-23-27-31-35-39-43-47-51-55-59-63-67-73-91(6)87-98(111(129)131-86-82-115-104(120)93-76-78-96(79-77-93)118(12)13)102(108(124)125)95(75-69-65-61-57-53-49-45-41-37-33-29-25-21-16-3)88-97-101(107(123)119(106(97)122)85-72-84-117(10)11)94(74-68-64-60-56-52-48-44-40-36-32-28-24-20-15-2)89-99(105(121)114-81-71-83-116(8)9)103(109(126)127)113(18-5,90-100-92(7)110(128)132-112(100)130)80-70-66-62-58-54-50-46-42-38-34-30-26-22-17-4/h5,76-79,91-92,94-95,97-103H,14-17,19-75,80-90H2,1-4,6-13H3,(H,114,121)(H,115,120)(H,124,125)(H,126,127). The number of carboxylic acids is 2. The molecule has 0 radical (unpaired) electrons. The zero-order valence-electron chi connectivity index (χ0n) is 86.8. The largest absolute Gasteiger partial charge is 0.481 e. The maximum Gasteiger partial charge on any atom is 0.317 e. The Labute approximate surface area is 807 Å². The van der Waals surface area contributed by atoms with Crippen LogP contribution in [0.2, 0.25) is 0 Å². The minimum absolute atomic E-state index is 0.0298. The normalized spacial score (nSPS) is 17.3. The monoisotopic (exact) mass is 1850 g/mol. The number of hydrogen-bond acceptors (Lipinski definition) is 14. The molecule has 132 heavy (non-hydrogen) atoms. The molecule has 2 aliphatic rings. The predicted octanol–water partition coefficient (Wildman–Crippen LogP) is 27.2. The van der Waals surface area contributed by atoms with Gasteiger partial charge in [-0.05, 0) is 141 Å². The molecule has 4 N–H and O–H groups in total. The number of aliphatic carboxylic acids is 2. The van der Waals surface area contributed by atoms with Crippen molar-refractivity contribution in [2.75, 3.05) is 86.5 Å². The first-order chi connectivity index (χ1) is 63.8. The van der Waals surface area contributed by atoms with E-state index in [9.17, 15) is 24.6 Å². The average Bonchev–Trinajstić information content (AvgIpc) is 1.42. The van der Waals surface area contributed by atoms with Crippen LogP contribution in [0.1, 0.15) is 476 Å². The van der Waals surface area contributed by atoms with E-state index in [1.165, 1.54) is 223 Å². The predicted molar refractivity (Wildman–Crippen MR) is 546 cm³/mol. The number of terminal acetylenes is 1. The summed E-state index contributed by atoms with van der Waals surface area (Å²) in [5.74, 6) is -15.2. The third-order valence-electron chi connectivity index (χ3n) is 29.6. The van der Waals surface area contributed by atoms with Gasteiger partial charge in [0.2, 0.25) is 17.7 Å². The van der Waals surface area contributed by atoms with Crippen LogP contribution in [0.3, 0.4) is 0 Å². The number of esters is 3. The fourth-order valence-corrected chi connectivity index (χ4v) is 21.3. The summed E-state index contributed by atoms with van der Waals surface area (Å²) in [6.45, 7) is 13.9. The van der Waals surface area contributed by atoms with Crippen LogP contribution in [-0.2, 0) is 47.8 Å². The van der Waals surface area contributed by atoms with Crippen LogP contribution in [0, 0.1) is 82.9 Å². The van der Waals surface area contributed by atoms with E-state index in [1.807, 2.05) is 69.1 Å². The van der Waals surface area contributed by atoms with Gasteiger partial charge in [0.15, 0.2) is 0 Å². The molecule has 760 valence electrons. The van der Waals surface area contributed by atoms with Gasteiger partial charge >= 0.3 is 29.8 Å². The molecule has 2 heterocycles. The first kappa shape index (κ1) is 120. The molecule has 12 atom stereocenters. The minimum Gasteiger partial charge on any atom is -0.481 e. The van der Waals surface area contributed by atoms with Crippen molar-refractivity contribution in [1.29, 1.82) is 0 Å². The van der Waals surface area contributed by atoms with E-state index >= 15 is 28.8 Å². The maximum absolute atomic E-state index is 16.6. The molecular weight excluding hydrogens is 1650 g/mol. The Balaban J connectivity index is 2.39. The van der Waals surface area contributed by atoms with E-state index in [2.05, 4.69) is 51.2 Å². The fraction of sp³-hybridized carbons (Fsp3) is 0.850. The summed E-state index contributed by atoms with van der Waals surface area (Å²) >= 11 is 0. The van der Waals surface area contributed by atoms with E-state index in [0.717, 1.165) is 128 Å². The minimum atomic E-state index is -1.70. The molecule has 4 amide bonds. The number of nitrogens with zero attached hydrogens (tertiary/aromatic N) is 4. The number of cyclic esters (lactones) is 2. The lowest BCUT2D eigenvalue weighted by Gasteiger charge is -2.41. The second-order valence-corrected chi connectivity index (χ2v) is 41.8. The first-order valence-corrected chi connectivity index (χ1v) is 55.2. The summed E-state index contributed by atoms with van der Waals surface area (Å²) in [7, 11) is 11.6. The van der Waals surface area contributed by atoms with Crippen LogP contribution in [-0.4, -0.2) is 160 Å². The molecule has 2 aliphatic heterocycles. The van der Waals surface area contributed by atoms with Gasteiger partial charge in [-0.2, -0.15) is 0 Å². The number of unbranched alkanes of at least 4 members (excludes halogenated alkanes) is 52. The summed E-state index contributed by atoms with van der Waals surface area (Å²) in [5, 5.41) is 30.9. The zero-order valence-corrected chi connectivity index (χ0v) is 86.8. The Hall–Kier alpha value is -5.87. The first-order valence-electron chi connectivity index (χ1n) is 55.2. The molecular formula is C113H200N6O13. The number of nitrogens with one attached hydrogen (secondary N) is 2. The molecule has 0 spiro atoms. The van der Waals surface area contributed by atoms with Gasteiger partial charge in [0.05, 0.1) is 53.9 Å². The molecule has 12 unspecified atom stereocenters. The van der Waals surface area contributed by atoms with Gasteiger partial charge in [-0.1, -0.05) is 413 Å². The topological polar surface area (TPSA) is 250 Å². The molecule has 3 rings (SSSR count). The van der Waals surface area contributed by atoms with Crippen LogP contribution < -0.4 is 15.5 Å². The molecule has 1 aromatic rings. The van der Waals surface area contributed by atoms with Crippen LogP contribution in [0.25, 0.3) is 0 Å². The van der Waals surface area contributed by atoms with Crippen molar-refractivity contribution in [3.63, 3.8) is 0 Å². The average molecular weight is 1850 g/mol. The van der Waals surface area contributed by atoms with Gasteiger partial charge in [-0.15, -0.1) is 6.42 Å². The number of carbonyl (C=O) groups is 9. The Morgan fingerprint density at radius 3 is 1.26 bits per heavy atom. The fourth-order valence-electron chi connectivity index (χ4n) is 21.3. The van der Waals surface area contributed by atoms with Gasteiger partial charge in [0, 0.05) is 43.9 Å². The summed E-state index contributed by atoms with van der Waals surface area (Å²) < 4.78 is 11.6. The van der Waals surface area contributed by atoms with Gasteiger partial charge in [-0.3, -0.25) is 48.1 Å². The second-order valence-electron chi connectivity index (χ2n) is 41.8. The van der Waals surface area contributed by atoms with E-state index in [-0.39, 0.29) is 70.2 Å². The zero-order chi connectivity index (χ0) is 96.8. The Morgan fingerprint density at radius 2 is 0.871 bits per heavy atom. The molecule has 0 bridgehead atoms. The van der Waals surface area contributed by atoms with Crippen molar-refractivity contribution in [2.24, 2.45) is 70.5 Å². The van der Waals surface area contributed by atoms with E-state index in [4.69, 9.17) is 15.9 Å². The van der Waals surface area contributed by atoms with Gasteiger partial charge in [0.25, 0.3) is 5.91 Å². The lowest BCUT2D eigenvalue weighted by Crippen LogP contribution is -2.49. The van der Waals surface area contributed by atoms with Crippen molar-refractivity contribution in [3.8, 4) is 12.3 Å². The van der Waals surface area contributed by atoms with Crippen LogP contribution >= 0.6 is 0 Å². The molecule has 1 aromatic carbocycles. The van der Waals surface area contributed by atoms with Crippen molar-refractivity contribution in [1.82, 2.24) is 25.3 Å². The highest BCUT2D eigenvalue weighted by Gasteiger charge is 2.57. The lowest BCUT2D eigenvalue weighted by atomic mass is 9.59. The Morgan fingerprint density at radius 1 is 0.470 bits per heavy atom. The van der Waals surface area contributed by atoms with Crippen LogP contribution in [0.15, 0.2) is 24.3 Å². The lowest BCUT2D eigenvalue weighted by molar-refractivity contribution is -0.161. The molecule has 0 saturated carbocycles. The highest BCUT2D eigenvalue weighted by molar-refractivity contribution is 6.05. The summed E-state index contributed by atoms with van der Waals surface area (Å²) in [5.41, 5.74) is -0.339. The van der Waals surface area contributed by atoms with Crippen molar-refractivity contribution < 1.29 is 62.8 Å².